The minimum atomic E-state index is -0.888. The van der Waals surface area contributed by atoms with E-state index in [1.165, 1.54) is 0 Å². The van der Waals surface area contributed by atoms with Crippen LogP contribution in [0.1, 0.15) is 35.1 Å². The number of nitrogens with two attached hydrogens (primary N) is 1. The summed E-state index contributed by atoms with van der Waals surface area (Å²) in [6, 6.07) is 27.6. The summed E-state index contributed by atoms with van der Waals surface area (Å²) in [7, 11) is 0. The number of aryl methyl sites for hydroxylation is 2. The fourth-order valence-electron chi connectivity index (χ4n) is 5.31. The fraction of sp³-hybridized carbons (Fsp3) is 0.219. The number of rotatable bonds is 9. The average Bonchev–Trinajstić information content (AvgIpc) is 2.95. The third-order valence-corrected chi connectivity index (χ3v) is 7.31. The molecule has 4 aromatic rings. The number of nitrogen functional groups attached to an aromatic ring is 1. The van der Waals surface area contributed by atoms with Gasteiger partial charge in [0.05, 0.1) is 0 Å². The molecule has 8 heteroatoms. The minimum Gasteiger partial charge on any atom is -0.480 e. The van der Waals surface area contributed by atoms with Gasteiger partial charge in [0.15, 0.2) is 0 Å². The van der Waals surface area contributed by atoms with E-state index in [0.717, 1.165) is 51.7 Å². The number of carbonyl (C=O) groups is 2. The van der Waals surface area contributed by atoms with E-state index in [-0.39, 0.29) is 30.7 Å². The smallest absolute Gasteiger partial charge is 0.323 e. The number of nitrogens with one attached hydrogen (secondary N) is 1. The van der Waals surface area contributed by atoms with E-state index < -0.39 is 5.97 Å². The van der Waals surface area contributed by atoms with E-state index in [1.807, 2.05) is 64.4 Å². The van der Waals surface area contributed by atoms with E-state index in [4.69, 9.17) is 11.1 Å². The highest BCUT2D eigenvalue weighted by molar-refractivity contribution is 5.96. The number of amidine groups is 1. The standard InChI is InChI=1S/C32H32N4O3.ClH/c33-32(34)24-13-10-22(11-14-24)12-17-30(37)36-18-4-8-25-19-27(15-16-29(25)36)35(21-31(38)39)20-26-7-3-6-23-5-1-2-9-28(23)26;/h1-3,5-7,9-11,13-16,19H,4,8,12,17-18,20-21H2,(H3,33,34)(H,38,39);1H. The second kappa shape index (κ2) is 12.7. The van der Waals surface area contributed by atoms with Crippen molar-refractivity contribution in [2.24, 2.45) is 5.73 Å². The molecule has 206 valence electrons. The number of amides is 1. The van der Waals surface area contributed by atoms with Gasteiger partial charge in [0.25, 0.3) is 0 Å². The topological polar surface area (TPSA) is 111 Å². The molecule has 1 heterocycles. The minimum absolute atomic E-state index is 0. The maximum atomic E-state index is 13.2. The summed E-state index contributed by atoms with van der Waals surface area (Å²) in [5.41, 5.74) is 11.1. The lowest BCUT2D eigenvalue weighted by Crippen LogP contribution is -2.36. The Morgan fingerprint density at radius 1 is 0.975 bits per heavy atom. The lowest BCUT2D eigenvalue weighted by molar-refractivity contribution is -0.135. The Bertz CT molecular complexity index is 1530. The summed E-state index contributed by atoms with van der Waals surface area (Å²) in [6.45, 7) is 1.02. The van der Waals surface area contributed by atoms with E-state index >= 15 is 0 Å². The summed E-state index contributed by atoms with van der Waals surface area (Å²) >= 11 is 0. The van der Waals surface area contributed by atoms with Crippen molar-refractivity contribution in [2.45, 2.75) is 32.2 Å². The lowest BCUT2D eigenvalue weighted by atomic mass is 9.99. The molecule has 0 fully saturated rings. The van der Waals surface area contributed by atoms with Gasteiger partial charge in [-0.25, -0.2) is 0 Å². The van der Waals surface area contributed by atoms with Crippen LogP contribution in [0.3, 0.4) is 0 Å². The molecular weight excluding hydrogens is 524 g/mol. The van der Waals surface area contributed by atoms with Gasteiger partial charge in [-0.2, -0.15) is 0 Å². The van der Waals surface area contributed by atoms with Gasteiger partial charge in [0.1, 0.15) is 12.4 Å². The number of nitrogens with zero attached hydrogens (tertiary/aromatic N) is 2. The Morgan fingerprint density at radius 3 is 2.48 bits per heavy atom. The van der Waals surface area contributed by atoms with Crippen LogP contribution in [0.2, 0.25) is 0 Å². The van der Waals surface area contributed by atoms with Gasteiger partial charge in [-0.1, -0.05) is 66.7 Å². The maximum Gasteiger partial charge on any atom is 0.323 e. The molecule has 0 bridgehead atoms. The first-order chi connectivity index (χ1) is 18.9. The van der Waals surface area contributed by atoms with Gasteiger partial charge in [0.2, 0.25) is 5.91 Å². The van der Waals surface area contributed by atoms with Crippen molar-refractivity contribution in [3.8, 4) is 0 Å². The first-order valence-electron chi connectivity index (χ1n) is 13.2. The van der Waals surface area contributed by atoms with Gasteiger partial charge in [-0.05, 0) is 64.9 Å². The van der Waals surface area contributed by atoms with Gasteiger partial charge >= 0.3 is 5.97 Å². The molecule has 1 aliphatic heterocycles. The zero-order valence-electron chi connectivity index (χ0n) is 22.2. The highest BCUT2D eigenvalue weighted by atomic mass is 35.5. The molecule has 40 heavy (non-hydrogen) atoms. The maximum absolute atomic E-state index is 13.2. The van der Waals surface area contributed by atoms with Crippen LogP contribution in [-0.2, 0) is 29.0 Å². The summed E-state index contributed by atoms with van der Waals surface area (Å²) in [6.07, 6.45) is 2.69. The van der Waals surface area contributed by atoms with Crippen LogP contribution in [-0.4, -0.2) is 35.9 Å². The molecular formula is C32H33ClN4O3. The highest BCUT2D eigenvalue weighted by Crippen LogP contribution is 2.33. The Balaban J connectivity index is 0.00000370. The molecule has 0 unspecified atom stereocenters. The van der Waals surface area contributed by atoms with Gasteiger partial charge < -0.3 is 20.6 Å². The van der Waals surface area contributed by atoms with Crippen molar-refractivity contribution in [3.05, 3.63) is 107 Å². The molecule has 0 spiro atoms. The first-order valence-corrected chi connectivity index (χ1v) is 13.2. The van der Waals surface area contributed by atoms with Gasteiger partial charge in [-0.3, -0.25) is 15.0 Å². The average molecular weight is 557 g/mol. The molecule has 1 aliphatic rings. The number of anilines is 2. The molecule has 0 saturated carbocycles. The van der Waals surface area contributed by atoms with Crippen molar-refractivity contribution in [2.75, 3.05) is 22.9 Å². The molecule has 5 rings (SSSR count). The van der Waals surface area contributed by atoms with Crippen LogP contribution >= 0.6 is 12.4 Å². The van der Waals surface area contributed by atoms with Crippen LogP contribution in [0.4, 0.5) is 11.4 Å². The summed E-state index contributed by atoms with van der Waals surface area (Å²) < 4.78 is 0. The molecule has 4 N–H and O–H groups in total. The van der Waals surface area contributed by atoms with E-state index in [0.29, 0.717) is 31.5 Å². The fourth-order valence-corrected chi connectivity index (χ4v) is 5.31. The number of aliphatic carboxylic acids is 1. The Labute approximate surface area is 240 Å². The van der Waals surface area contributed by atoms with Gasteiger partial charge in [-0.15, -0.1) is 12.4 Å². The lowest BCUT2D eigenvalue weighted by Gasteiger charge is -2.32. The number of carbonyl (C=O) groups excluding carboxylic acids is 1. The number of halogens is 1. The summed E-state index contributed by atoms with van der Waals surface area (Å²) in [5.74, 6) is -0.792. The number of carboxylic acid groups (broad SMARTS) is 1. The molecule has 1 amide bonds. The van der Waals surface area contributed by atoms with Crippen molar-refractivity contribution in [1.82, 2.24) is 0 Å². The number of benzene rings is 4. The number of fused-ring (bicyclic) bond motifs is 2. The molecule has 0 aromatic heterocycles. The Hall–Kier alpha value is -4.36. The highest BCUT2D eigenvalue weighted by Gasteiger charge is 2.24. The largest absolute Gasteiger partial charge is 0.480 e. The van der Waals surface area contributed by atoms with E-state index in [9.17, 15) is 14.7 Å². The van der Waals surface area contributed by atoms with Crippen molar-refractivity contribution >= 4 is 52.3 Å². The van der Waals surface area contributed by atoms with Crippen molar-refractivity contribution in [3.63, 3.8) is 0 Å². The SMILES string of the molecule is Cl.N=C(N)c1ccc(CCC(=O)N2CCCc3cc(N(CC(=O)O)Cc4cccc5ccccc45)ccc32)cc1. The van der Waals surface area contributed by atoms with Crippen LogP contribution < -0.4 is 15.5 Å². The third-order valence-electron chi connectivity index (χ3n) is 7.31. The van der Waals surface area contributed by atoms with Crippen LogP contribution in [0.5, 0.6) is 0 Å². The second-order valence-corrected chi connectivity index (χ2v) is 9.96. The van der Waals surface area contributed by atoms with Crippen molar-refractivity contribution in [1.29, 1.82) is 5.41 Å². The molecule has 4 aromatic carbocycles. The van der Waals surface area contributed by atoms with Crippen LogP contribution in [0, 0.1) is 5.41 Å². The van der Waals surface area contributed by atoms with E-state index in [2.05, 4.69) is 18.2 Å². The zero-order valence-corrected chi connectivity index (χ0v) is 23.0. The number of hydrogen-bond donors (Lipinski definition) is 3. The second-order valence-electron chi connectivity index (χ2n) is 9.96. The van der Waals surface area contributed by atoms with Crippen molar-refractivity contribution < 1.29 is 14.7 Å². The normalized spacial score (nSPS) is 12.3. The number of carboxylic acids is 1. The monoisotopic (exact) mass is 556 g/mol. The van der Waals surface area contributed by atoms with Crippen LogP contribution in [0.25, 0.3) is 10.8 Å². The summed E-state index contributed by atoms with van der Waals surface area (Å²) in [5, 5.41) is 19.4. The Kier molecular flexibility index (Phi) is 9.07. The van der Waals surface area contributed by atoms with Gasteiger partial charge in [0, 0.05) is 36.4 Å². The molecule has 0 saturated heterocycles. The van der Waals surface area contributed by atoms with E-state index in [1.54, 1.807) is 12.1 Å². The number of hydrogen-bond acceptors (Lipinski definition) is 4. The van der Waals surface area contributed by atoms with Crippen LogP contribution in [0.15, 0.2) is 84.9 Å². The predicted octanol–water partition coefficient (Wildman–Crippen LogP) is 5.55. The molecule has 7 nitrogen and oxygen atoms in total. The molecule has 0 radical (unpaired) electrons. The zero-order chi connectivity index (χ0) is 27.4. The third kappa shape index (κ3) is 6.43. The quantitative estimate of drug-likeness (QED) is 0.185. The molecule has 0 atom stereocenters. The Morgan fingerprint density at radius 2 is 1.73 bits per heavy atom. The molecule has 0 aliphatic carbocycles. The predicted molar refractivity (Wildman–Crippen MR) is 163 cm³/mol. The summed E-state index contributed by atoms with van der Waals surface area (Å²) in [4.78, 5) is 28.8. The first kappa shape index (κ1) is 28.6.